The predicted octanol–water partition coefficient (Wildman–Crippen LogP) is -1.89. The summed E-state index contributed by atoms with van der Waals surface area (Å²) in [4.78, 5) is 0. The topological polar surface area (TPSA) is 66.4 Å². The van der Waals surface area contributed by atoms with E-state index in [4.69, 9.17) is 4.74 Å². The molecule has 3 aromatic heterocycles. The molecule has 3 aromatic rings. The van der Waals surface area contributed by atoms with Crippen LogP contribution in [-0.2, 0) is 4.74 Å². The van der Waals surface area contributed by atoms with Crippen LogP contribution in [0, 0.1) is 41.5 Å². The van der Waals surface area contributed by atoms with Crippen molar-refractivity contribution < 1.29 is 38.9 Å². The maximum atomic E-state index is 4.94. The Morgan fingerprint density at radius 3 is 1.18 bits per heavy atom. The van der Waals surface area contributed by atoms with Crippen molar-refractivity contribution in [1.29, 1.82) is 0 Å². The van der Waals surface area contributed by atoms with Crippen molar-refractivity contribution in [1.82, 2.24) is 13.0 Å². The first-order valence-electron chi connectivity index (χ1n) is 9.57. The van der Waals surface area contributed by atoms with Gasteiger partial charge in [-0.3, -0.25) is 13.0 Å². The van der Waals surface area contributed by atoms with Crippen LogP contribution in [0.4, 0.5) is 0 Å². The van der Waals surface area contributed by atoms with Gasteiger partial charge in [0.25, 0.3) is 0 Å². The molecule has 3 N–H and O–H groups in total. The van der Waals surface area contributed by atoms with Gasteiger partial charge in [0.15, 0.2) is 17.1 Å². The van der Waals surface area contributed by atoms with Crippen molar-refractivity contribution >= 4 is 9.28 Å². The summed E-state index contributed by atoms with van der Waals surface area (Å²) in [6, 6.07) is 6.55. The van der Waals surface area contributed by atoms with Crippen molar-refractivity contribution in [2.45, 2.75) is 54.4 Å². The van der Waals surface area contributed by atoms with Crippen molar-refractivity contribution in [2.24, 2.45) is 0 Å². The van der Waals surface area contributed by atoms with Gasteiger partial charge in [-0.15, -0.1) is 0 Å². The van der Waals surface area contributed by atoms with Crippen molar-refractivity contribution in [3.8, 4) is 0 Å². The number of ether oxygens (including phenoxy) is 1. The van der Waals surface area contributed by atoms with Crippen LogP contribution >= 0.6 is 0 Å². The van der Waals surface area contributed by atoms with E-state index in [9.17, 15) is 0 Å². The van der Waals surface area contributed by atoms with Gasteiger partial charge in [0.2, 0.25) is 9.28 Å². The predicted molar refractivity (Wildman–Crippen MR) is 103 cm³/mol. The van der Waals surface area contributed by atoms with Crippen LogP contribution in [0.15, 0.2) is 18.2 Å². The number of aryl methyl sites for hydroxylation is 6. The average molecular weight is 396 g/mol. The zero-order valence-electron chi connectivity index (χ0n) is 18.3. The van der Waals surface area contributed by atoms with Gasteiger partial charge in [-0.05, 0) is 33.6 Å². The second-order valence-electron chi connectivity index (χ2n) is 7.37. The van der Waals surface area contributed by atoms with E-state index in [0.29, 0.717) is 0 Å². The van der Waals surface area contributed by atoms with E-state index in [1.54, 1.807) is 0 Å². The standard InChI is InChI=1S/C15H21N6Si.C4H8O.Li/c1-10-7-13(4)19(16-10)22(20-14(5)8-11(2)17-20)21-15(6)9-12(3)18-21;1-2-4-5-3-1;/h7-9H,1-6H3;1-4H2;/q-1;;+1/p+3. The molecule has 0 radical (unpaired) electrons. The number of hydrogen-bond donors (Lipinski definition) is 0. The van der Waals surface area contributed by atoms with Gasteiger partial charge < -0.3 is 4.74 Å². The molecule has 0 atom stereocenters. The Balaban J connectivity index is 0.000000408. The van der Waals surface area contributed by atoms with Crippen LogP contribution < -0.4 is 34.2 Å². The molecule has 7 nitrogen and oxygen atoms in total. The minimum absolute atomic E-state index is 0. The summed E-state index contributed by atoms with van der Waals surface area (Å²) in [7, 11) is -1.32. The summed E-state index contributed by atoms with van der Waals surface area (Å²) in [5.74, 6) is 0. The number of hydrogen-bond acceptors (Lipinski definition) is 1. The normalized spacial score (nSPS) is 13.1. The Bertz CT molecular complexity index is 794. The molecular weight excluding hydrogens is 363 g/mol. The smallest absolute Gasteiger partial charge is 0.381 e. The Kier molecular flexibility index (Phi) is 7.90. The van der Waals surface area contributed by atoms with Crippen LogP contribution in [0.25, 0.3) is 0 Å². The number of nitrogens with zero attached hydrogens (tertiary/aromatic N) is 3. The summed E-state index contributed by atoms with van der Waals surface area (Å²) in [5.41, 5.74) is 7.19. The number of aromatic amines is 3. The minimum atomic E-state index is -1.32. The van der Waals surface area contributed by atoms with Crippen LogP contribution in [0.5, 0.6) is 0 Å². The quantitative estimate of drug-likeness (QED) is 0.479. The van der Waals surface area contributed by atoms with Gasteiger partial charge in [0.05, 0.1) is 0 Å². The molecule has 0 saturated carbocycles. The van der Waals surface area contributed by atoms with Crippen molar-refractivity contribution in [3.63, 3.8) is 0 Å². The van der Waals surface area contributed by atoms with E-state index in [1.807, 2.05) is 0 Å². The fourth-order valence-corrected chi connectivity index (χ4v) is 6.03. The molecule has 9 heteroatoms. The van der Waals surface area contributed by atoms with Gasteiger partial charge >= 0.3 is 18.9 Å². The van der Waals surface area contributed by atoms with Gasteiger partial charge in [-0.1, -0.05) is 0 Å². The van der Waals surface area contributed by atoms with E-state index in [0.717, 1.165) is 13.2 Å². The first kappa shape index (κ1) is 22.7. The van der Waals surface area contributed by atoms with Gasteiger partial charge in [-0.2, -0.15) is 15.3 Å². The summed E-state index contributed by atoms with van der Waals surface area (Å²) >= 11 is 0. The number of aromatic nitrogens is 6. The Morgan fingerprint density at radius 1 is 0.679 bits per heavy atom. The molecule has 1 saturated heterocycles. The molecule has 1 fully saturated rings. The molecular formula is C19H32LiN6OSi+3. The maximum absolute atomic E-state index is 4.94. The van der Waals surface area contributed by atoms with E-state index < -0.39 is 9.28 Å². The van der Waals surface area contributed by atoms with Crippen LogP contribution in [-0.4, -0.2) is 35.5 Å². The summed E-state index contributed by atoms with van der Waals surface area (Å²) in [6.45, 7) is 14.7. The number of H-pyrrole nitrogens is 3. The van der Waals surface area contributed by atoms with E-state index in [-0.39, 0.29) is 18.9 Å². The number of rotatable bonds is 3. The molecule has 0 bridgehead atoms. The number of nitrogens with one attached hydrogen (secondary N) is 3. The van der Waals surface area contributed by atoms with Crippen LogP contribution in [0.2, 0.25) is 0 Å². The Labute approximate surface area is 181 Å². The molecule has 1 aliphatic rings. The third-order valence-electron chi connectivity index (χ3n) is 4.63. The first-order valence-corrected chi connectivity index (χ1v) is 10.9. The molecule has 1 aliphatic heterocycles. The van der Waals surface area contributed by atoms with Gasteiger partial charge in [0.1, 0.15) is 0 Å². The largest absolute Gasteiger partial charge is 1.00 e. The maximum Gasteiger partial charge on any atom is 1.00 e. The summed E-state index contributed by atoms with van der Waals surface area (Å²) in [6.07, 6.45) is 2.56. The zero-order chi connectivity index (χ0) is 19.6. The SMILES string of the molecule is C1CCOC1.Cc1cc(C)n([Si-](n2[nH+]c(C)cc2C)n2[nH+]c(C)cc2C)[nH+]1.[Li+]. The molecule has 0 aliphatic carbocycles. The monoisotopic (exact) mass is 395 g/mol. The Hall–Kier alpha value is -1.60. The van der Waals surface area contributed by atoms with E-state index in [1.165, 1.54) is 47.0 Å². The summed E-state index contributed by atoms with van der Waals surface area (Å²) in [5, 5.41) is 10.5. The Morgan fingerprint density at radius 2 is 1.00 bits per heavy atom. The van der Waals surface area contributed by atoms with Crippen molar-refractivity contribution in [2.75, 3.05) is 13.2 Å². The molecule has 146 valence electrons. The molecule has 0 spiro atoms. The van der Waals surface area contributed by atoms with Crippen LogP contribution in [0.1, 0.15) is 47.0 Å². The van der Waals surface area contributed by atoms with Gasteiger partial charge in [0, 0.05) is 69.3 Å². The first-order chi connectivity index (χ1) is 12.9. The molecule has 0 aromatic carbocycles. The fourth-order valence-electron chi connectivity index (χ4n) is 3.46. The molecule has 4 heterocycles. The van der Waals surface area contributed by atoms with Gasteiger partial charge in [-0.25, -0.2) is 0 Å². The molecule has 0 unspecified atom stereocenters. The third-order valence-corrected chi connectivity index (χ3v) is 7.22. The second kappa shape index (κ2) is 9.74. The third kappa shape index (κ3) is 5.06. The second-order valence-corrected chi connectivity index (χ2v) is 9.31. The van der Waals surface area contributed by atoms with Crippen molar-refractivity contribution in [3.05, 3.63) is 52.4 Å². The van der Waals surface area contributed by atoms with E-state index >= 15 is 0 Å². The fraction of sp³-hybridized carbons (Fsp3) is 0.526. The molecule has 0 amide bonds. The zero-order valence-corrected chi connectivity index (χ0v) is 19.3. The molecule has 4 rings (SSSR count). The van der Waals surface area contributed by atoms with E-state index in [2.05, 4.69) is 88.1 Å². The van der Waals surface area contributed by atoms with Crippen LogP contribution in [0.3, 0.4) is 0 Å². The molecule has 28 heavy (non-hydrogen) atoms. The average Bonchev–Trinajstić information content (AvgIpc) is 3.35. The summed E-state index contributed by atoms with van der Waals surface area (Å²) < 4.78 is 11.8. The minimum Gasteiger partial charge on any atom is -0.381 e.